The molecule has 0 saturated heterocycles. The average molecular weight is 237 g/mol. The number of amides is 1. The van der Waals surface area contributed by atoms with Crippen molar-refractivity contribution in [1.82, 2.24) is 5.48 Å². The lowest BCUT2D eigenvalue weighted by molar-refractivity contribution is -0.384. The average Bonchev–Trinajstić information content (AvgIpc) is 2.34. The molecular formula is C10H11N3O4. The lowest BCUT2D eigenvalue weighted by atomic mass is 10.2. The minimum absolute atomic E-state index is 0.0156. The standard InChI is InChI=1S/C10H11N3O4/c14-10(12-15)5-6-11-7-8-1-3-9(4-2-8)13(16)17/h1-4,7,15H,5-6H2,(H,12,14). The summed E-state index contributed by atoms with van der Waals surface area (Å²) < 4.78 is 0. The van der Waals surface area contributed by atoms with Gasteiger partial charge < -0.3 is 0 Å². The molecule has 0 aliphatic carbocycles. The van der Waals surface area contributed by atoms with Crippen LogP contribution in [0.2, 0.25) is 0 Å². The SMILES string of the molecule is O=C(CCN=Cc1ccc([N+](=O)[O-])cc1)NO. The van der Waals surface area contributed by atoms with E-state index < -0.39 is 10.8 Å². The van der Waals surface area contributed by atoms with Gasteiger partial charge in [-0.25, -0.2) is 5.48 Å². The molecule has 0 atom stereocenters. The molecule has 0 fully saturated rings. The number of aliphatic imine (C=N–C) groups is 1. The molecule has 1 aromatic rings. The highest BCUT2D eigenvalue weighted by molar-refractivity contribution is 5.80. The molecule has 0 bridgehead atoms. The van der Waals surface area contributed by atoms with Gasteiger partial charge in [-0.2, -0.15) is 0 Å². The molecule has 2 N–H and O–H groups in total. The van der Waals surface area contributed by atoms with E-state index >= 15 is 0 Å². The van der Waals surface area contributed by atoms with Gasteiger partial charge in [-0.15, -0.1) is 0 Å². The first kappa shape index (κ1) is 12.8. The molecule has 0 unspecified atom stereocenters. The van der Waals surface area contributed by atoms with E-state index in [-0.39, 0.29) is 18.7 Å². The molecule has 0 aromatic heterocycles. The molecule has 0 spiro atoms. The highest BCUT2D eigenvalue weighted by atomic mass is 16.6. The number of rotatable bonds is 5. The molecule has 7 nitrogen and oxygen atoms in total. The third-order valence-electron chi connectivity index (χ3n) is 1.94. The lowest BCUT2D eigenvalue weighted by Gasteiger charge is -1.95. The number of hydroxylamine groups is 1. The van der Waals surface area contributed by atoms with Crippen molar-refractivity contribution in [2.24, 2.45) is 4.99 Å². The van der Waals surface area contributed by atoms with E-state index in [4.69, 9.17) is 5.21 Å². The van der Waals surface area contributed by atoms with Crippen LogP contribution >= 0.6 is 0 Å². The van der Waals surface area contributed by atoms with Gasteiger partial charge in [0.25, 0.3) is 5.69 Å². The third-order valence-corrected chi connectivity index (χ3v) is 1.94. The van der Waals surface area contributed by atoms with Crippen LogP contribution in [-0.2, 0) is 4.79 Å². The molecule has 1 aromatic carbocycles. The Bertz CT molecular complexity index is 428. The fraction of sp³-hybridized carbons (Fsp3) is 0.200. The molecule has 7 heteroatoms. The molecule has 90 valence electrons. The van der Waals surface area contributed by atoms with Crippen molar-refractivity contribution < 1.29 is 14.9 Å². The maximum absolute atomic E-state index is 10.6. The fourth-order valence-electron chi connectivity index (χ4n) is 1.07. The summed E-state index contributed by atoms with van der Waals surface area (Å²) in [7, 11) is 0. The quantitative estimate of drug-likeness (QED) is 0.343. The molecule has 0 aliphatic heterocycles. The molecule has 1 rings (SSSR count). The van der Waals surface area contributed by atoms with Crippen LogP contribution in [0, 0.1) is 10.1 Å². The van der Waals surface area contributed by atoms with Crippen LogP contribution in [0.3, 0.4) is 0 Å². The summed E-state index contributed by atoms with van der Waals surface area (Å²) in [6.45, 7) is 0.239. The molecule has 0 aliphatic rings. The highest BCUT2D eigenvalue weighted by Crippen LogP contribution is 2.10. The van der Waals surface area contributed by atoms with Crippen molar-refractivity contribution >= 4 is 17.8 Å². The number of nitro groups is 1. The number of carbonyl (C=O) groups excluding carboxylic acids is 1. The van der Waals surface area contributed by atoms with Crippen LogP contribution in [0.5, 0.6) is 0 Å². The largest absolute Gasteiger partial charge is 0.292 e. The Morgan fingerprint density at radius 2 is 2.12 bits per heavy atom. The summed E-state index contributed by atoms with van der Waals surface area (Å²) in [6.07, 6.45) is 1.59. The van der Waals surface area contributed by atoms with Crippen molar-refractivity contribution in [2.75, 3.05) is 6.54 Å². The van der Waals surface area contributed by atoms with E-state index in [1.165, 1.54) is 23.8 Å². The Morgan fingerprint density at radius 1 is 1.47 bits per heavy atom. The second-order valence-electron chi connectivity index (χ2n) is 3.17. The van der Waals surface area contributed by atoms with Gasteiger partial charge in [0.2, 0.25) is 5.91 Å². The number of carbonyl (C=O) groups is 1. The summed E-state index contributed by atoms with van der Waals surface area (Å²) in [6, 6.07) is 5.88. The monoisotopic (exact) mass is 237 g/mol. The van der Waals surface area contributed by atoms with Crippen molar-refractivity contribution in [3.05, 3.63) is 39.9 Å². The zero-order chi connectivity index (χ0) is 12.7. The van der Waals surface area contributed by atoms with Crippen molar-refractivity contribution in [3.63, 3.8) is 0 Å². The first-order chi connectivity index (χ1) is 8.13. The van der Waals surface area contributed by atoms with E-state index in [0.717, 1.165) is 0 Å². The fourth-order valence-corrected chi connectivity index (χ4v) is 1.07. The summed E-state index contributed by atoms with van der Waals surface area (Å²) in [5.41, 5.74) is 2.22. The van der Waals surface area contributed by atoms with Crippen LogP contribution < -0.4 is 5.48 Å². The predicted octanol–water partition coefficient (Wildman–Crippen LogP) is 0.909. The van der Waals surface area contributed by atoms with Crippen molar-refractivity contribution in [3.8, 4) is 0 Å². The summed E-state index contributed by atoms with van der Waals surface area (Å²) >= 11 is 0. The van der Waals surface area contributed by atoms with E-state index in [0.29, 0.717) is 5.56 Å². The zero-order valence-electron chi connectivity index (χ0n) is 8.87. The van der Waals surface area contributed by atoms with Gasteiger partial charge in [0, 0.05) is 31.3 Å². The summed E-state index contributed by atoms with van der Waals surface area (Å²) in [5, 5.41) is 18.6. The van der Waals surface area contributed by atoms with Gasteiger partial charge in [0.05, 0.1) is 4.92 Å². The molecule has 0 radical (unpaired) electrons. The number of nitrogens with zero attached hydrogens (tertiary/aromatic N) is 2. The van der Waals surface area contributed by atoms with E-state index in [2.05, 4.69) is 4.99 Å². The Kier molecular flexibility index (Phi) is 4.77. The van der Waals surface area contributed by atoms with E-state index in [1.54, 1.807) is 12.1 Å². The predicted molar refractivity (Wildman–Crippen MR) is 60.1 cm³/mol. The molecule has 0 saturated carbocycles. The minimum atomic E-state index is -0.508. The minimum Gasteiger partial charge on any atom is -0.292 e. The maximum atomic E-state index is 10.6. The van der Waals surface area contributed by atoms with E-state index in [1.807, 2.05) is 0 Å². The summed E-state index contributed by atoms with van der Waals surface area (Å²) in [5.74, 6) is -0.508. The lowest BCUT2D eigenvalue weighted by Crippen LogP contribution is -2.18. The van der Waals surface area contributed by atoms with Crippen LogP contribution in [-0.4, -0.2) is 28.8 Å². The van der Waals surface area contributed by atoms with Crippen molar-refractivity contribution in [1.29, 1.82) is 0 Å². The van der Waals surface area contributed by atoms with E-state index in [9.17, 15) is 14.9 Å². The molecule has 17 heavy (non-hydrogen) atoms. The van der Waals surface area contributed by atoms with Gasteiger partial charge in [0.15, 0.2) is 0 Å². The second-order valence-corrected chi connectivity index (χ2v) is 3.17. The molecular weight excluding hydrogens is 226 g/mol. The topological polar surface area (TPSA) is 105 Å². The third kappa shape index (κ3) is 4.39. The van der Waals surface area contributed by atoms with Gasteiger partial charge >= 0.3 is 0 Å². The van der Waals surface area contributed by atoms with Crippen LogP contribution in [0.1, 0.15) is 12.0 Å². The van der Waals surface area contributed by atoms with Crippen molar-refractivity contribution in [2.45, 2.75) is 6.42 Å². The van der Waals surface area contributed by atoms with Gasteiger partial charge in [-0.1, -0.05) is 0 Å². The Labute approximate surface area is 96.9 Å². The number of nitro benzene ring substituents is 1. The van der Waals surface area contributed by atoms with Gasteiger partial charge in [-0.05, 0) is 17.7 Å². The van der Waals surface area contributed by atoms with Crippen LogP contribution in [0.4, 0.5) is 5.69 Å². The zero-order valence-corrected chi connectivity index (χ0v) is 8.87. The smallest absolute Gasteiger partial charge is 0.269 e. The Morgan fingerprint density at radius 3 is 2.65 bits per heavy atom. The normalized spacial score (nSPS) is 10.4. The highest BCUT2D eigenvalue weighted by Gasteiger charge is 2.02. The van der Waals surface area contributed by atoms with Crippen LogP contribution in [0.15, 0.2) is 29.3 Å². The number of non-ortho nitro benzene ring substituents is 1. The second kappa shape index (κ2) is 6.33. The molecule has 1 amide bonds. The maximum Gasteiger partial charge on any atom is 0.269 e. The first-order valence-electron chi connectivity index (χ1n) is 4.80. The van der Waals surface area contributed by atoms with Gasteiger partial charge in [0.1, 0.15) is 0 Å². The molecule has 0 heterocycles. The van der Waals surface area contributed by atoms with Gasteiger partial charge in [-0.3, -0.25) is 25.1 Å². The number of nitrogens with one attached hydrogen (secondary N) is 1. The number of benzene rings is 1. The summed E-state index contributed by atoms with van der Waals surface area (Å²) in [4.78, 5) is 24.5. The first-order valence-corrected chi connectivity index (χ1v) is 4.80. The Balaban J connectivity index is 2.49. The number of hydrogen-bond acceptors (Lipinski definition) is 5. The van der Waals surface area contributed by atoms with Crippen LogP contribution in [0.25, 0.3) is 0 Å². The number of hydrogen-bond donors (Lipinski definition) is 2. The Hall–Kier alpha value is -2.28.